The molecule has 0 N–H and O–H groups in total. The largest absolute Gasteiger partial charge is 0.164 e. The van der Waals surface area contributed by atoms with Crippen LogP contribution in [-0.2, 0) is 32.6 Å². The van der Waals surface area contributed by atoms with Crippen LogP contribution in [0.15, 0.2) is 54.6 Å². The first-order valence-corrected chi connectivity index (χ1v) is 10.5. The summed E-state index contributed by atoms with van der Waals surface area (Å²) in [5, 5.41) is 2.83. The fourth-order valence-electron chi connectivity index (χ4n) is 4.62. The third kappa shape index (κ3) is 6.25. The number of halogens is 2. The van der Waals surface area contributed by atoms with Crippen LogP contribution in [0, 0.1) is 5.92 Å². The summed E-state index contributed by atoms with van der Waals surface area (Å²) in [6.07, 6.45) is 9.61. The maximum Gasteiger partial charge on any atom is 0 e. The van der Waals surface area contributed by atoms with Gasteiger partial charge in [0.15, 0.2) is 0 Å². The molecule has 3 aromatic carbocycles. The molecule has 1 unspecified atom stereocenters. The molecule has 0 aliphatic heterocycles. The number of rotatable bonds is 5. The summed E-state index contributed by atoms with van der Waals surface area (Å²) in [7, 11) is 0. The molecule has 3 heteroatoms. The minimum absolute atomic E-state index is 0. The van der Waals surface area contributed by atoms with Gasteiger partial charge in [0, 0.05) is 26.2 Å². The van der Waals surface area contributed by atoms with E-state index in [9.17, 15) is 0 Å². The summed E-state index contributed by atoms with van der Waals surface area (Å²) in [6, 6.07) is 20.9. The van der Waals surface area contributed by atoms with Crippen molar-refractivity contribution in [3.8, 4) is 11.1 Å². The van der Waals surface area contributed by atoms with Crippen molar-refractivity contribution in [1.29, 1.82) is 0 Å². The Morgan fingerprint density at radius 2 is 1.66 bits per heavy atom. The van der Waals surface area contributed by atoms with Gasteiger partial charge in [-0.2, -0.15) is 6.07 Å². The Morgan fingerprint density at radius 3 is 2.31 bits per heavy atom. The number of hydrogen-bond acceptors (Lipinski definition) is 0. The molecule has 0 nitrogen and oxygen atoms in total. The minimum Gasteiger partial charge on any atom is -0.164 e. The van der Waals surface area contributed by atoms with Crippen LogP contribution >= 0.6 is 24.8 Å². The molecule has 1 atom stereocenters. The molecule has 1 fully saturated rings. The van der Waals surface area contributed by atoms with E-state index in [2.05, 4.69) is 68.4 Å². The Kier molecular flexibility index (Phi) is 11.3. The van der Waals surface area contributed by atoms with Gasteiger partial charge in [0.1, 0.15) is 0 Å². The van der Waals surface area contributed by atoms with E-state index >= 15 is 0 Å². The number of hydrogen-bond donors (Lipinski definition) is 0. The van der Waals surface area contributed by atoms with Crippen LogP contribution in [0.1, 0.15) is 69.4 Å². The second-order valence-corrected chi connectivity index (χ2v) is 8.31. The molecule has 29 heavy (non-hydrogen) atoms. The number of fused-ring (bicyclic) bond motifs is 1. The van der Waals surface area contributed by atoms with Crippen molar-refractivity contribution < 1.29 is 26.2 Å². The molecule has 156 valence electrons. The van der Waals surface area contributed by atoms with Crippen molar-refractivity contribution in [1.82, 2.24) is 0 Å². The van der Waals surface area contributed by atoms with Crippen molar-refractivity contribution in [3.05, 3.63) is 65.7 Å². The van der Waals surface area contributed by atoms with Gasteiger partial charge in [-0.25, -0.2) is 0 Å². The van der Waals surface area contributed by atoms with E-state index in [-0.39, 0.29) is 51.0 Å². The first kappa shape index (κ1) is 26.5. The van der Waals surface area contributed by atoms with Crippen LogP contribution in [0.25, 0.3) is 21.9 Å². The van der Waals surface area contributed by atoms with Crippen molar-refractivity contribution in [2.75, 3.05) is 0 Å². The summed E-state index contributed by atoms with van der Waals surface area (Å²) in [4.78, 5) is 0. The van der Waals surface area contributed by atoms with E-state index in [4.69, 9.17) is 0 Å². The quantitative estimate of drug-likeness (QED) is 0.303. The molecule has 0 heterocycles. The van der Waals surface area contributed by atoms with E-state index in [1.807, 2.05) is 0 Å². The van der Waals surface area contributed by atoms with Crippen molar-refractivity contribution in [3.63, 3.8) is 0 Å². The van der Waals surface area contributed by atoms with Gasteiger partial charge in [-0.05, 0) is 35.8 Å². The Hall–Kier alpha value is -0.487. The smallest absolute Gasteiger partial charge is 0 e. The maximum atomic E-state index is 2.46. The zero-order valence-electron chi connectivity index (χ0n) is 17.6. The first-order chi connectivity index (χ1) is 12.7. The molecule has 0 amide bonds. The van der Waals surface area contributed by atoms with Crippen LogP contribution in [0.5, 0.6) is 0 Å². The Labute approximate surface area is 208 Å². The standard InChI is InChI=1S/C26H31.2ClH.Zr/c1-3-19(2)22-12-14-23(15-13-22)25-11-7-10-24-17-21(18-26(24)25)16-20-8-5-4-6-9-20;;;/h7,10-15,17-20H,3-6,8-9,16H2,1-2H3;2*1H;/q-1;;;. The molecule has 0 saturated heterocycles. The number of benzene rings is 2. The summed E-state index contributed by atoms with van der Waals surface area (Å²) in [5.41, 5.74) is 5.71. The summed E-state index contributed by atoms with van der Waals surface area (Å²) in [5.74, 6) is 1.54. The zero-order chi connectivity index (χ0) is 17.9. The Bertz CT molecular complexity index is 860. The maximum absolute atomic E-state index is 2.46. The van der Waals surface area contributed by atoms with Crippen molar-refractivity contribution in [2.45, 2.75) is 64.7 Å². The van der Waals surface area contributed by atoms with E-state index in [1.54, 1.807) is 0 Å². The van der Waals surface area contributed by atoms with Gasteiger partial charge in [0.05, 0.1) is 0 Å². The van der Waals surface area contributed by atoms with Crippen LogP contribution < -0.4 is 0 Å². The molecule has 1 aliphatic rings. The van der Waals surface area contributed by atoms with E-state index in [0.29, 0.717) is 5.92 Å². The van der Waals surface area contributed by atoms with Gasteiger partial charge >= 0.3 is 0 Å². The van der Waals surface area contributed by atoms with E-state index in [1.165, 1.54) is 78.0 Å². The predicted octanol–water partition coefficient (Wildman–Crippen LogP) is 8.70. The van der Waals surface area contributed by atoms with E-state index < -0.39 is 0 Å². The molecule has 0 radical (unpaired) electrons. The van der Waals surface area contributed by atoms with Gasteiger partial charge in [-0.1, -0.05) is 81.8 Å². The topological polar surface area (TPSA) is 0 Å². The summed E-state index contributed by atoms with van der Waals surface area (Å²) in [6.45, 7) is 4.57. The molecule has 0 spiro atoms. The summed E-state index contributed by atoms with van der Waals surface area (Å²) >= 11 is 0. The van der Waals surface area contributed by atoms with Gasteiger partial charge < -0.3 is 0 Å². The minimum atomic E-state index is 0. The average molecular weight is 508 g/mol. The fourth-order valence-corrected chi connectivity index (χ4v) is 4.62. The molecule has 3 aromatic rings. The Balaban J connectivity index is 0.00000140. The van der Waals surface area contributed by atoms with Crippen LogP contribution in [0.4, 0.5) is 0 Å². The van der Waals surface area contributed by atoms with E-state index in [0.717, 1.165) is 5.92 Å². The van der Waals surface area contributed by atoms with Crippen molar-refractivity contribution >= 4 is 35.6 Å². The average Bonchev–Trinajstić information content (AvgIpc) is 3.10. The van der Waals surface area contributed by atoms with Crippen LogP contribution in [0.2, 0.25) is 0 Å². The molecule has 1 aliphatic carbocycles. The molecule has 0 bridgehead atoms. The van der Waals surface area contributed by atoms with Gasteiger partial charge in [0.2, 0.25) is 0 Å². The molecular weight excluding hydrogens is 474 g/mol. The van der Waals surface area contributed by atoms with Gasteiger partial charge in [-0.15, -0.1) is 59.3 Å². The molecular formula is C26H33Cl2Zr-. The third-order valence-electron chi connectivity index (χ3n) is 6.46. The summed E-state index contributed by atoms with van der Waals surface area (Å²) < 4.78 is 0. The third-order valence-corrected chi connectivity index (χ3v) is 6.46. The van der Waals surface area contributed by atoms with Gasteiger partial charge in [-0.3, -0.25) is 0 Å². The normalized spacial score (nSPS) is 15.1. The monoisotopic (exact) mass is 505 g/mol. The first-order valence-electron chi connectivity index (χ1n) is 10.5. The van der Waals surface area contributed by atoms with Crippen LogP contribution in [-0.4, -0.2) is 0 Å². The van der Waals surface area contributed by atoms with Crippen molar-refractivity contribution in [2.24, 2.45) is 5.92 Å². The SMILES string of the molecule is CCC(C)c1ccc(-c2cccc3[cH-]c(CC4CCCCC4)cc23)cc1.Cl.Cl.[Zr]. The fraction of sp³-hybridized carbons (Fsp3) is 0.423. The predicted molar refractivity (Wildman–Crippen MR) is 128 cm³/mol. The second-order valence-electron chi connectivity index (χ2n) is 8.31. The zero-order valence-corrected chi connectivity index (χ0v) is 21.7. The molecule has 0 aromatic heterocycles. The molecule has 1 saturated carbocycles. The Morgan fingerprint density at radius 1 is 0.966 bits per heavy atom. The van der Waals surface area contributed by atoms with Crippen LogP contribution in [0.3, 0.4) is 0 Å². The molecule has 4 rings (SSSR count). The van der Waals surface area contributed by atoms with Gasteiger partial charge in [0.25, 0.3) is 0 Å². The second kappa shape index (κ2) is 12.4.